The SMILES string of the molecule is N#Cc1c(NC(=O)[C@@H]2CC=CC[C@@H]2C(=O)O)sc2c1CC[C@H](c1ccccc1)C2. The fourth-order valence-corrected chi connectivity index (χ4v) is 5.66. The molecule has 2 aromatic rings. The summed E-state index contributed by atoms with van der Waals surface area (Å²) in [6, 6.07) is 12.6. The standard InChI is InChI=1S/C23H22N2O3S/c24-13-19-16-11-10-15(14-6-2-1-3-7-14)12-20(16)29-22(19)25-21(26)17-8-4-5-9-18(17)23(27)28/h1-7,15,17-18H,8-12H2,(H,25,26)(H,27,28)/t15-,17+,18-/m0/s1. The Morgan fingerprint density at radius 1 is 1.14 bits per heavy atom. The van der Waals surface area contributed by atoms with Crippen molar-refractivity contribution in [2.45, 2.75) is 38.0 Å². The van der Waals surface area contributed by atoms with E-state index in [1.54, 1.807) is 0 Å². The molecule has 5 nitrogen and oxygen atoms in total. The van der Waals surface area contributed by atoms with Crippen molar-refractivity contribution >= 4 is 28.2 Å². The predicted octanol–water partition coefficient (Wildman–Crippen LogP) is 4.50. The number of carbonyl (C=O) groups excluding carboxylic acids is 1. The molecule has 0 saturated heterocycles. The van der Waals surface area contributed by atoms with Crippen LogP contribution in [0.2, 0.25) is 0 Å². The van der Waals surface area contributed by atoms with Crippen molar-refractivity contribution in [3.05, 3.63) is 64.1 Å². The first-order valence-electron chi connectivity index (χ1n) is 9.86. The highest BCUT2D eigenvalue weighted by molar-refractivity contribution is 7.16. The summed E-state index contributed by atoms with van der Waals surface area (Å²) in [4.78, 5) is 25.5. The summed E-state index contributed by atoms with van der Waals surface area (Å²) in [5.74, 6) is -2.18. The van der Waals surface area contributed by atoms with Crippen molar-refractivity contribution in [3.8, 4) is 6.07 Å². The van der Waals surface area contributed by atoms with Crippen LogP contribution < -0.4 is 5.32 Å². The van der Waals surface area contributed by atoms with Crippen molar-refractivity contribution in [2.75, 3.05) is 5.32 Å². The highest BCUT2D eigenvalue weighted by Crippen LogP contribution is 2.42. The van der Waals surface area contributed by atoms with E-state index in [4.69, 9.17) is 0 Å². The summed E-state index contributed by atoms with van der Waals surface area (Å²) in [6.45, 7) is 0. The Labute approximate surface area is 173 Å². The van der Waals surface area contributed by atoms with Gasteiger partial charge in [-0.2, -0.15) is 5.26 Å². The van der Waals surface area contributed by atoms with Gasteiger partial charge in [-0.25, -0.2) is 0 Å². The van der Waals surface area contributed by atoms with E-state index in [0.29, 0.717) is 29.3 Å². The fraction of sp³-hybridized carbons (Fsp3) is 0.348. The first-order valence-corrected chi connectivity index (χ1v) is 10.7. The number of benzene rings is 1. The van der Waals surface area contributed by atoms with Gasteiger partial charge >= 0.3 is 5.97 Å². The summed E-state index contributed by atoms with van der Waals surface area (Å²) in [6.07, 6.45) is 7.09. The van der Waals surface area contributed by atoms with Crippen LogP contribution in [0.25, 0.3) is 0 Å². The van der Waals surface area contributed by atoms with Crippen LogP contribution in [0.15, 0.2) is 42.5 Å². The van der Waals surface area contributed by atoms with Gasteiger partial charge < -0.3 is 10.4 Å². The molecule has 0 saturated carbocycles. The van der Waals surface area contributed by atoms with E-state index in [0.717, 1.165) is 29.7 Å². The van der Waals surface area contributed by atoms with Crippen molar-refractivity contribution < 1.29 is 14.7 Å². The molecule has 0 aliphatic heterocycles. The van der Waals surface area contributed by atoms with E-state index in [-0.39, 0.29) is 5.91 Å². The average Bonchev–Trinajstić information content (AvgIpc) is 3.10. The Kier molecular flexibility index (Phi) is 5.50. The molecule has 0 spiro atoms. The van der Waals surface area contributed by atoms with Gasteiger partial charge in [-0.15, -0.1) is 11.3 Å². The predicted molar refractivity (Wildman–Crippen MR) is 112 cm³/mol. The van der Waals surface area contributed by atoms with Gasteiger partial charge in [0, 0.05) is 4.88 Å². The molecule has 2 aliphatic carbocycles. The minimum atomic E-state index is -0.953. The number of carbonyl (C=O) groups is 2. The zero-order valence-electron chi connectivity index (χ0n) is 15.9. The summed E-state index contributed by atoms with van der Waals surface area (Å²) in [5.41, 5.74) is 2.88. The lowest BCUT2D eigenvalue weighted by atomic mass is 9.82. The van der Waals surface area contributed by atoms with Crippen molar-refractivity contribution in [2.24, 2.45) is 11.8 Å². The van der Waals surface area contributed by atoms with E-state index in [1.165, 1.54) is 16.9 Å². The number of nitrogens with zero attached hydrogens (tertiary/aromatic N) is 1. The maximum Gasteiger partial charge on any atom is 0.307 e. The molecule has 2 aliphatic rings. The highest BCUT2D eigenvalue weighted by atomic mass is 32.1. The Balaban J connectivity index is 1.56. The summed E-state index contributed by atoms with van der Waals surface area (Å²) < 4.78 is 0. The molecule has 2 N–H and O–H groups in total. The third-order valence-electron chi connectivity index (χ3n) is 5.97. The van der Waals surface area contributed by atoms with E-state index >= 15 is 0 Å². The monoisotopic (exact) mass is 406 g/mol. The topological polar surface area (TPSA) is 90.2 Å². The fourth-order valence-electron chi connectivity index (χ4n) is 4.38. The number of hydrogen-bond donors (Lipinski definition) is 2. The van der Waals surface area contributed by atoms with E-state index in [2.05, 4.69) is 23.5 Å². The summed E-state index contributed by atoms with van der Waals surface area (Å²) in [5, 5.41) is 22.6. The first kappa shape index (κ1) is 19.4. The number of nitrogens with one attached hydrogen (secondary N) is 1. The minimum Gasteiger partial charge on any atom is -0.481 e. The van der Waals surface area contributed by atoms with Crippen LogP contribution in [-0.4, -0.2) is 17.0 Å². The molecular weight excluding hydrogens is 384 g/mol. The number of aliphatic carboxylic acids is 1. The molecule has 3 atom stereocenters. The number of fused-ring (bicyclic) bond motifs is 1. The van der Waals surface area contributed by atoms with E-state index in [1.807, 2.05) is 30.4 Å². The zero-order chi connectivity index (χ0) is 20.4. The quantitative estimate of drug-likeness (QED) is 0.732. The van der Waals surface area contributed by atoms with Gasteiger partial charge in [0.1, 0.15) is 11.1 Å². The molecule has 4 rings (SSSR count). The molecule has 148 valence electrons. The third kappa shape index (κ3) is 3.83. The molecule has 0 unspecified atom stereocenters. The Morgan fingerprint density at radius 3 is 2.55 bits per heavy atom. The van der Waals surface area contributed by atoms with Gasteiger partial charge in [0.2, 0.25) is 5.91 Å². The van der Waals surface area contributed by atoms with Gasteiger partial charge in [0.25, 0.3) is 0 Å². The molecule has 1 amide bonds. The molecule has 1 heterocycles. The van der Waals surface area contributed by atoms with Crippen molar-refractivity contribution in [3.63, 3.8) is 0 Å². The number of hydrogen-bond acceptors (Lipinski definition) is 4. The lowest BCUT2D eigenvalue weighted by Crippen LogP contribution is -2.34. The van der Waals surface area contributed by atoms with Gasteiger partial charge in [-0.05, 0) is 49.1 Å². The number of allylic oxidation sites excluding steroid dienone is 2. The summed E-state index contributed by atoms with van der Waals surface area (Å²) in [7, 11) is 0. The van der Waals surface area contributed by atoms with Crippen LogP contribution >= 0.6 is 11.3 Å². The second kappa shape index (κ2) is 8.22. The van der Waals surface area contributed by atoms with E-state index < -0.39 is 17.8 Å². The molecular formula is C23H22N2O3S. The third-order valence-corrected chi connectivity index (χ3v) is 7.14. The molecule has 0 bridgehead atoms. The zero-order valence-corrected chi connectivity index (χ0v) is 16.7. The first-order chi connectivity index (χ1) is 14.1. The second-order valence-electron chi connectivity index (χ2n) is 7.65. The van der Waals surface area contributed by atoms with Crippen LogP contribution in [0.5, 0.6) is 0 Å². The number of thiophene rings is 1. The van der Waals surface area contributed by atoms with Crippen LogP contribution in [0.3, 0.4) is 0 Å². The van der Waals surface area contributed by atoms with E-state index in [9.17, 15) is 20.0 Å². The van der Waals surface area contributed by atoms with Crippen LogP contribution in [0.4, 0.5) is 5.00 Å². The minimum absolute atomic E-state index is 0.309. The maximum absolute atomic E-state index is 12.8. The number of amides is 1. The largest absolute Gasteiger partial charge is 0.481 e. The molecule has 1 aromatic heterocycles. The Morgan fingerprint density at radius 2 is 1.86 bits per heavy atom. The highest BCUT2D eigenvalue weighted by Gasteiger charge is 2.35. The maximum atomic E-state index is 12.8. The van der Waals surface area contributed by atoms with Crippen molar-refractivity contribution in [1.29, 1.82) is 5.26 Å². The number of nitriles is 1. The van der Waals surface area contributed by atoms with Crippen LogP contribution in [0.1, 0.15) is 46.7 Å². The Bertz CT molecular complexity index is 1000. The smallest absolute Gasteiger partial charge is 0.307 e. The molecule has 6 heteroatoms. The molecule has 0 fully saturated rings. The number of anilines is 1. The number of carboxylic acids is 1. The van der Waals surface area contributed by atoms with Crippen LogP contribution in [0, 0.1) is 23.2 Å². The van der Waals surface area contributed by atoms with Crippen LogP contribution in [-0.2, 0) is 22.4 Å². The van der Waals surface area contributed by atoms with Crippen molar-refractivity contribution in [1.82, 2.24) is 0 Å². The molecule has 1 aromatic carbocycles. The Hall–Kier alpha value is -2.91. The second-order valence-corrected chi connectivity index (χ2v) is 8.76. The van der Waals surface area contributed by atoms with Gasteiger partial charge in [-0.1, -0.05) is 42.5 Å². The summed E-state index contributed by atoms with van der Waals surface area (Å²) >= 11 is 1.47. The average molecular weight is 407 g/mol. The number of rotatable bonds is 4. The number of carboxylic acid groups (broad SMARTS) is 1. The molecule has 29 heavy (non-hydrogen) atoms. The van der Waals surface area contributed by atoms with Gasteiger partial charge in [-0.3, -0.25) is 9.59 Å². The lowest BCUT2D eigenvalue weighted by Gasteiger charge is -2.23. The lowest BCUT2D eigenvalue weighted by molar-refractivity contribution is -0.146. The normalized spacial score (nSPS) is 23.1. The van der Waals surface area contributed by atoms with Gasteiger partial charge in [0.15, 0.2) is 0 Å². The molecule has 0 radical (unpaired) electrons. The van der Waals surface area contributed by atoms with Gasteiger partial charge in [0.05, 0.1) is 17.4 Å².